The van der Waals surface area contributed by atoms with Gasteiger partial charge in [-0.15, -0.1) is 0 Å². The van der Waals surface area contributed by atoms with E-state index in [1.54, 1.807) is 0 Å². The van der Waals surface area contributed by atoms with Crippen molar-refractivity contribution in [1.82, 2.24) is 4.98 Å². The smallest absolute Gasteiger partial charge is 0.106 e. The molecule has 0 aromatic carbocycles. The molecule has 76 valence electrons. The Morgan fingerprint density at radius 2 is 2.43 bits per heavy atom. The van der Waals surface area contributed by atoms with E-state index in [0.717, 1.165) is 10.3 Å². The van der Waals surface area contributed by atoms with E-state index >= 15 is 0 Å². The first kappa shape index (κ1) is 10.3. The SMILES string of the molecule is CC1SCCC1Nc1ccc(Br)nc1. The molecule has 0 radical (unpaired) electrons. The number of nitrogens with zero attached hydrogens (tertiary/aromatic N) is 1. The molecule has 1 aromatic heterocycles. The van der Waals surface area contributed by atoms with Gasteiger partial charge in [-0.05, 0) is 40.2 Å². The largest absolute Gasteiger partial charge is 0.380 e. The zero-order valence-electron chi connectivity index (χ0n) is 8.03. The number of nitrogens with one attached hydrogen (secondary N) is 1. The normalized spacial score (nSPS) is 26.4. The lowest BCUT2D eigenvalue weighted by molar-refractivity contribution is 0.723. The summed E-state index contributed by atoms with van der Waals surface area (Å²) in [5, 5.41) is 4.22. The maximum atomic E-state index is 4.19. The van der Waals surface area contributed by atoms with E-state index in [1.807, 2.05) is 24.0 Å². The molecule has 1 aromatic rings. The van der Waals surface area contributed by atoms with E-state index in [1.165, 1.54) is 12.2 Å². The first-order valence-electron chi connectivity index (χ1n) is 4.75. The van der Waals surface area contributed by atoms with E-state index in [9.17, 15) is 0 Å². The third kappa shape index (κ3) is 2.42. The van der Waals surface area contributed by atoms with Crippen LogP contribution in [-0.4, -0.2) is 22.0 Å². The summed E-state index contributed by atoms with van der Waals surface area (Å²) in [5.74, 6) is 1.27. The van der Waals surface area contributed by atoms with Gasteiger partial charge >= 0.3 is 0 Å². The van der Waals surface area contributed by atoms with Crippen molar-refractivity contribution in [2.75, 3.05) is 11.1 Å². The molecule has 0 amide bonds. The van der Waals surface area contributed by atoms with Crippen molar-refractivity contribution >= 4 is 33.4 Å². The van der Waals surface area contributed by atoms with Gasteiger partial charge in [0.2, 0.25) is 0 Å². The minimum absolute atomic E-state index is 0.600. The Kier molecular flexibility index (Phi) is 3.34. The highest BCUT2D eigenvalue weighted by Gasteiger charge is 2.23. The van der Waals surface area contributed by atoms with Crippen LogP contribution in [0.5, 0.6) is 0 Å². The maximum absolute atomic E-state index is 4.19. The van der Waals surface area contributed by atoms with Gasteiger partial charge in [0.05, 0.1) is 11.9 Å². The molecule has 2 unspecified atom stereocenters. The molecule has 0 bridgehead atoms. The Bertz CT molecular complexity index is 301. The van der Waals surface area contributed by atoms with Crippen LogP contribution in [0, 0.1) is 0 Å². The molecule has 2 rings (SSSR count). The van der Waals surface area contributed by atoms with Crippen molar-refractivity contribution in [3.8, 4) is 0 Å². The highest BCUT2D eigenvalue weighted by Crippen LogP contribution is 2.28. The van der Waals surface area contributed by atoms with E-state index in [0.29, 0.717) is 11.3 Å². The van der Waals surface area contributed by atoms with Gasteiger partial charge in [0.1, 0.15) is 4.60 Å². The Labute approximate surface area is 97.0 Å². The van der Waals surface area contributed by atoms with Gasteiger partial charge in [0, 0.05) is 11.3 Å². The topological polar surface area (TPSA) is 24.9 Å². The summed E-state index contributed by atoms with van der Waals surface area (Å²) in [6, 6.07) is 4.63. The van der Waals surface area contributed by atoms with Gasteiger partial charge in [0.25, 0.3) is 0 Å². The first-order chi connectivity index (χ1) is 6.75. The average Bonchev–Trinajstić information content (AvgIpc) is 2.56. The number of anilines is 1. The Morgan fingerprint density at radius 3 is 3.00 bits per heavy atom. The summed E-state index contributed by atoms with van der Waals surface area (Å²) in [7, 11) is 0. The third-order valence-electron chi connectivity index (χ3n) is 2.46. The highest BCUT2D eigenvalue weighted by atomic mass is 79.9. The van der Waals surface area contributed by atoms with Crippen LogP contribution in [0.2, 0.25) is 0 Å². The van der Waals surface area contributed by atoms with E-state index in [2.05, 4.69) is 39.2 Å². The second-order valence-corrected chi connectivity index (χ2v) is 5.78. The monoisotopic (exact) mass is 272 g/mol. The molecule has 2 atom stereocenters. The zero-order valence-corrected chi connectivity index (χ0v) is 10.4. The average molecular weight is 273 g/mol. The molecule has 0 spiro atoms. The summed E-state index contributed by atoms with van der Waals surface area (Å²) in [4.78, 5) is 4.19. The molecule has 4 heteroatoms. The van der Waals surface area contributed by atoms with Crippen LogP contribution in [0.1, 0.15) is 13.3 Å². The summed E-state index contributed by atoms with van der Waals surface area (Å²) in [5.41, 5.74) is 1.12. The van der Waals surface area contributed by atoms with Gasteiger partial charge < -0.3 is 5.32 Å². The molecule has 2 heterocycles. The number of hydrogen-bond donors (Lipinski definition) is 1. The van der Waals surface area contributed by atoms with Crippen LogP contribution in [0.25, 0.3) is 0 Å². The molecule has 1 aliphatic rings. The van der Waals surface area contributed by atoms with Gasteiger partial charge in [-0.25, -0.2) is 4.98 Å². The van der Waals surface area contributed by atoms with Gasteiger partial charge in [-0.1, -0.05) is 6.92 Å². The van der Waals surface area contributed by atoms with Crippen molar-refractivity contribution in [1.29, 1.82) is 0 Å². The van der Waals surface area contributed by atoms with E-state index < -0.39 is 0 Å². The highest BCUT2D eigenvalue weighted by molar-refractivity contribution is 9.10. The fourth-order valence-electron chi connectivity index (χ4n) is 1.60. The lowest BCUT2D eigenvalue weighted by Gasteiger charge is -2.17. The van der Waals surface area contributed by atoms with Crippen LogP contribution in [-0.2, 0) is 0 Å². The predicted octanol–water partition coefficient (Wildman–Crippen LogP) is 3.15. The molecule has 1 fully saturated rings. The molecule has 0 saturated carbocycles. The number of halogens is 1. The number of rotatable bonds is 2. The molecular weight excluding hydrogens is 260 g/mol. The van der Waals surface area contributed by atoms with Crippen LogP contribution < -0.4 is 5.32 Å². The molecular formula is C10H13BrN2S. The fourth-order valence-corrected chi connectivity index (χ4v) is 3.03. The number of thioether (sulfide) groups is 1. The second-order valence-electron chi connectivity index (χ2n) is 3.49. The summed E-state index contributed by atoms with van der Waals surface area (Å²) in [6.07, 6.45) is 3.13. The van der Waals surface area contributed by atoms with E-state index in [-0.39, 0.29) is 0 Å². The van der Waals surface area contributed by atoms with Crippen LogP contribution in [0.15, 0.2) is 22.9 Å². The maximum Gasteiger partial charge on any atom is 0.106 e. The standard InChI is InChI=1S/C10H13BrN2S/c1-7-9(4-5-14-7)13-8-2-3-10(11)12-6-8/h2-3,6-7,9,13H,4-5H2,1H3. The van der Waals surface area contributed by atoms with Crippen molar-refractivity contribution in [2.24, 2.45) is 0 Å². The van der Waals surface area contributed by atoms with Crippen molar-refractivity contribution in [3.05, 3.63) is 22.9 Å². The molecule has 0 aliphatic carbocycles. The van der Waals surface area contributed by atoms with Crippen molar-refractivity contribution in [3.63, 3.8) is 0 Å². The van der Waals surface area contributed by atoms with Crippen LogP contribution in [0.3, 0.4) is 0 Å². The van der Waals surface area contributed by atoms with Crippen molar-refractivity contribution < 1.29 is 0 Å². The van der Waals surface area contributed by atoms with Gasteiger partial charge in [-0.2, -0.15) is 11.8 Å². The first-order valence-corrected chi connectivity index (χ1v) is 6.59. The predicted molar refractivity (Wildman–Crippen MR) is 65.9 cm³/mol. The second kappa shape index (κ2) is 4.53. The van der Waals surface area contributed by atoms with Crippen molar-refractivity contribution in [2.45, 2.75) is 24.6 Å². The molecule has 2 nitrogen and oxygen atoms in total. The van der Waals surface area contributed by atoms with Crippen LogP contribution >= 0.6 is 27.7 Å². The molecule has 14 heavy (non-hydrogen) atoms. The number of pyridine rings is 1. The van der Waals surface area contributed by atoms with Crippen LogP contribution in [0.4, 0.5) is 5.69 Å². The van der Waals surface area contributed by atoms with E-state index in [4.69, 9.17) is 0 Å². The van der Waals surface area contributed by atoms with Gasteiger partial charge in [-0.3, -0.25) is 0 Å². The zero-order chi connectivity index (χ0) is 9.97. The molecule has 1 saturated heterocycles. The molecule has 1 N–H and O–H groups in total. The lowest BCUT2D eigenvalue weighted by atomic mass is 10.1. The molecule has 1 aliphatic heterocycles. The summed E-state index contributed by atoms with van der Waals surface area (Å²) in [6.45, 7) is 2.28. The Balaban J connectivity index is 2.00. The third-order valence-corrected chi connectivity index (χ3v) is 4.25. The lowest BCUT2D eigenvalue weighted by Crippen LogP contribution is -2.24. The summed E-state index contributed by atoms with van der Waals surface area (Å²) >= 11 is 5.36. The minimum Gasteiger partial charge on any atom is -0.380 e. The summed E-state index contributed by atoms with van der Waals surface area (Å²) < 4.78 is 0.886. The fraction of sp³-hybridized carbons (Fsp3) is 0.500. The van der Waals surface area contributed by atoms with Gasteiger partial charge in [0.15, 0.2) is 0 Å². The Morgan fingerprint density at radius 1 is 1.57 bits per heavy atom. The number of hydrogen-bond acceptors (Lipinski definition) is 3. The quantitative estimate of drug-likeness (QED) is 0.838. The number of aromatic nitrogens is 1. The Hall–Kier alpha value is -0.220. The minimum atomic E-state index is 0.600.